The van der Waals surface area contributed by atoms with Gasteiger partial charge < -0.3 is 14.2 Å². The first-order valence-corrected chi connectivity index (χ1v) is 10.4. The van der Waals surface area contributed by atoms with Crippen molar-refractivity contribution < 1.29 is 36.6 Å². The zero-order valence-corrected chi connectivity index (χ0v) is 18.1. The molecule has 3 aromatic carbocycles. The maximum absolute atomic E-state index is 14.2. The van der Waals surface area contributed by atoms with Gasteiger partial charge in [0.25, 0.3) is 0 Å². The molecule has 3 rings (SSSR count). The quantitative estimate of drug-likeness (QED) is 0.168. The third kappa shape index (κ3) is 5.63. The van der Waals surface area contributed by atoms with Crippen molar-refractivity contribution in [2.45, 2.75) is 26.7 Å². The van der Waals surface area contributed by atoms with E-state index in [1.54, 1.807) is 36.4 Å². The molecule has 0 bridgehead atoms. The van der Waals surface area contributed by atoms with E-state index < -0.39 is 40.6 Å². The van der Waals surface area contributed by atoms with Crippen LogP contribution in [0, 0.1) is 23.3 Å². The fraction of sp³-hybridized carbons (Fsp3) is 0.240. The van der Waals surface area contributed by atoms with Gasteiger partial charge in [0.1, 0.15) is 11.5 Å². The highest BCUT2D eigenvalue weighted by Gasteiger charge is 2.26. The van der Waals surface area contributed by atoms with Gasteiger partial charge in [-0.15, -0.1) is 0 Å². The van der Waals surface area contributed by atoms with E-state index in [-0.39, 0.29) is 25.0 Å². The highest BCUT2D eigenvalue weighted by atomic mass is 19.2. The molecule has 0 saturated heterocycles. The van der Waals surface area contributed by atoms with Crippen LogP contribution < -0.4 is 14.2 Å². The number of halogens is 4. The lowest BCUT2D eigenvalue weighted by molar-refractivity contribution is 0.0734. The van der Waals surface area contributed by atoms with Crippen molar-refractivity contribution in [2.75, 3.05) is 13.2 Å². The van der Waals surface area contributed by atoms with E-state index in [9.17, 15) is 22.4 Å². The Morgan fingerprint density at radius 2 is 1.24 bits per heavy atom. The summed E-state index contributed by atoms with van der Waals surface area (Å²) in [7, 11) is 0. The Hall–Kier alpha value is -3.55. The normalized spacial score (nSPS) is 10.7. The van der Waals surface area contributed by atoms with Crippen molar-refractivity contribution in [1.82, 2.24) is 0 Å². The van der Waals surface area contributed by atoms with Gasteiger partial charge >= 0.3 is 5.97 Å². The number of ether oxygens (including phenoxy) is 3. The van der Waals surface area contributed by atoms with Crippen molar-refractivity contribution in [3.63, 3.8) is 0 Å². The van der Waals surface area contributed by atoms with E-state index >= 15 is 0 Å². The Labute approximate surface area is 188 Å². The molecular weight excluding hydrogens is 440 g/mol. The van der Waals surface area contributed by atoms with Crippen molar-refractivity contribution in [3.05, 3.63) is 88.5 Å². The van der Waals surface area contributed by atoms with Gasteiger partial charge in [0, 0.05) is 5.56 Å². The zero-order valence-electron chi connectivity index (χ0n) is 18.1. The molecule has 0 N–H and O–H groups in total. The van der Waals surface area contributed by atoms with Crippen LogP contribution in [0.25, 0.3) is 0 Å². The molecule has 8 heteroatoms. The van der Waals surface area contributed by atoms with Crippen molar-refractivity contribution in [1.29, 1.82) is 0 Å². The smallest absolute Gasteiger partial charge is 0.343 e. The lowest BCUT2D eigenvalue weighted by atomic mass is 10.0. The van der Waals surface area contributed by atoms with Crippen LogP contribution >= 0.6 is 0 Å². The molecule has 0 aliphatic rings. The molecule has 0 atom stereocenters. The summed E-state index contributed by atoms with van der Waals surface area (Å²) in [4.78, 5) is 12.3. The van der Waals surface area contributed by atoms with Crippen molar-refractivity contribution in [2.24, 2.45) is 0 Å². The van der Waals surface area contributed by atoms with Gasteiger partial charge in [0.05, 0.1) is 18.8 Å². The third-order valence-corrected chi connectivity index (χ3v) is 4.80. The van der Waals surface area contributed by atoms with E-state index in [1.165, 1.54) is 19.1 Å². The van der Waals surface area contributed by atoms with Crippen LogP contribution in [0.3, 0.4) is 0 Å². The summed E-state index contributed by atoms with van der Waals surface area (Å²) in [6.07, 6.45) is -0.192. The fourth-order valence-corrected chi connectivity index (χ4v) is 3.16. The second kappa shape index (κ2) is 10.8. The van der Waals surface area contributed by atoms with Gasteiger partial charge in [-0.3, -0.25) is 0 Å². The number of aryl methyl sites for hydroxylation is 1. The first-order valence-electron chi connectivity index (χ1n) is 10.4. The number of benzene rings is 3. The highest BCUT2D eigenvalue weighted by Crippen LogP contribution is 2.31. The summed E-state index contributed by atoms with van der Waals surface area (Å²) in [6.45, 7) is 3.69. The van der Waals surface area contributed by atoms with Gasteiger partial charge in [0.2, 0.25) is 11.6 Å². The molecule has 174 valence electrons. The average molecular weight is 462 g/mol. The third-order valence-electron chi connectivity index (χ3n) is 4.80. The van der Waals surface area contributed by atoms with Crippen LogP contribution in [0.1, 0.15) is 35.3 Å². The van der Waals surface area contributed by atoms with E-state index in [0.717, 1.165) is 0 Å². The molecule has 0 amide bonds. The molecule has 0 aromatic heterocycles. The highest BCUT2D eigenvalue weighted by molar-refractivity contribution is 5.91. The minimum Gasteiger partial charge on any atom is -0.494 e. The monoisotopic (exact) mass is 462 g/mol. The van der Waals surface area contributed by atoms with E-state index in [4.69, 9.17) is 9.47 Å². The molecule has 3 aromatic rings. The minimum atomic E-state index is -1.56. The number of carbonyl (C=O) groups excluding carboxylic acids is 1. The van der Waals surface area contributed by atoms with Crippen molar-refractivity contribution >= 4 is 5.97 Å². The second-order valence-corrected chi connectivity index (χ2v) is 6.99. The minimum absolute atomic E-state index is 0.0922. The standard InChI is InChI=1S/C25H22F4O4/c1-3-31-17-10-12-18(13-11-17)33-25(30)16-8-5-15(6-9-16)7-14-19-20(26)22(28)24(32-4-2)23(29)21(19)27/h5-6,8-13H,3-4,7,14H2,1-2H3. The molecule has 0 fully saturated rings. The Bertz CT molecular complexity index is 1080. The predicted octanol–water partition coefficient (Wildman–Crippen LogP) is 6.04. The molecule has 4 nitrogen and oxygen atoms in total. The summed E-state index contributed by atoms with van der Waals surface area (Å²) in [5, 5.41) is 0. The first kappa shape index (κ1) is 24.1. The van der Waals surface area contributed by atoms with E-state index in [1.807, 2.05) is 6.92 Å². The maximum Gasteiger partial charge on any atom is 0.343 e. The van der Waals surface area contributed by atoms with Crippen LogP contribution in [0.15, 0.2) is 48.5 Å². The Kier molecular flexibility index (Phi) is 7.92. The molecular formula is C25H22F4O4. The van der Waals surface area contributed by atoms with Crippen LogP contribution in [0.2, 0.25) is 0 Å². The fourth-order valence-electron chi connectivity index (χ4n) is 3.16. The van der Waals surface area contributed by atoms with Crippen molar-refractivity contribution in [3.8, 4) is 17.2 Å². The molecule has 0 unspecified atom stereocenters. The molecule has 33 heavy (non-hydrogen) atoms. The lowest BCUT2D eigenvalue weighted by Crippen LogP contribution is -2.10. The largest absolute Gasteiger partial charge is 0.494 e. The van der Waals surface area contributed by atoms with Gasteiger partial charge in [0.15, 0.2) is 17.4 Å². The number of rotatable bonds is 9. The Morgan fingerprint density at radius 3 is 1.79 bits per heavy atom. The van der Waals surface area contributed by atoms with Gasteiger partial charge in [-0.1, -0.05) is 12.1 Å². The van der Waals surface area contributed by atoms with Gasteiger partial charge in [-0.25, -0.2) is 13.6 Å². The second-order valence-electron chi connectivity index (χ2n) is 6.99. The molecule has 0 saturated carbocycles. The van der Waals surface area contributed by atoms with Gasteiger partial charge in [-0.2, -0.15) is 8.78 Å². The lowest BCUT2D eigenvalue weighted by Gasteiger charge is -2.12. The average Bonchev–Trinajstić information content (AvgIpc) is 2.82. The summed E-state index contributed by atoms with van der Waals surface area (Å²) in [5.74, 6) is -6.72. The first-order chi connectivity index (χ1) is 15.8. The Balaban J connectivity index is 1.66. The maximum atomic E-state index is 14.2. The molecule has 0 spiro atoms. The number of hydrogen-bond donors (Lipinski definition) is 0. The van der Waals surface area contributed by atoms with Crippen LogP contribution in [-0.2, 0) is 12.8 Å². The SMILES string of the molecule is CCOc1ccc(OC(=O)c2ccc(CCc3c(F)c(F)c(OCC)c(F)c3F)cc2)cc1. The predicted molar refractivity (Wildman–Crippen MR) is 114 cm³/mol. The zero-order chi connectivity index (χ0) is 24.0. The van der Waals surface area contributed by atoms with Crippen LogP contribution in [0.5, 0.6) is 17.2 Å². The summed E-state index contributed by atoms with van der Waals surface area (Å²) in [5.41, 5.74) is 0.178. The van der Waals surface area contributed by atoms with Gasteiger partial charge in [-0.05, 0) is 68.7 Å². The molecule has 0 aliphatic carbocycles. The number of hydrogen-bond acceptors (Lipinski definition) is 4. The summed E-state index contributed by atoms with van der Waals surface area (Å²) < 4.78 is 71.8. The van der Waals surface area contributed by atoms with Crippen LogP contribution in [0.4, 0.5) is 17.6 Å². The number of esters is 1. The van der Waals surface area contributed by atoms with E-state index in [0.29, 0.717) is 23.7 Å². The molecule has 0 radical (unpaired) electrons. The van der Waals surface area contributed by atoms with Crippen LogP contribution in [-0.4, -0.2) is 19.2 Å². The molecule has 0 heterocycles. The number of carbonyl (C=O) groups is 1. The summed E-state index contributed by atoms with van der Waals surface area (Å²) in [6, 6.07) is 12.7. The molecule has 0 aliphatic heterocycles. The topological polar surface area (TPSA) is 44.8 Å². The van der Waals surface area contributed by atoms with E-state index in [2.05, 4.69) is 4.74 Å². The Morgan fingerprint density at radius 1 is 0.697 bits per heavy atom. The summed E-state index contributed by atoms with van der Waals surface area (Å²) >= 11 is 0.